The topological polar surface area (TPSA) is 46.1 Å². The molecule has 0 aliphatic carbocycles. The van der Waals surface area contributed by atoms with Crippen LogP contribution in [0.1, 0.15) is 10.4 Å². The first-order valence-electron chi connectivity index (χ1n) is 6.78. The molecule has 114 valence electrons. The van der Waals surface area contributed by atoms with Crippen LogP contribution < -0.4 is 4.90 Å². The highest BCUT2D eigenvalue weighted by Crippen LogP contribution is 2.28. The summed E-state index contributed by atoms with van der Waals surface area (Å²) >= 11 is 12.1. The summed E-state index contributed by atoms with van der Waals surface area (Å²) in [6.07, 6.45) is 3.23. The third-order valence-corrected chi connectivity index (χ3v) is 3.67. The van der Waals surface area contributed by atoms with Crippen LogP contribution in [0.4, 0.5) is 11.6 Å². The average molecular weight is 344 g/mol. The highest BCUT2D eigenvalue weighted by Gasteiger charge is 2.23. The van der Waals surface area contributed by atoms with Crippen LogP contribution in [-0.4, -0.2) is 15.9 Å². The van der Waals surface area contributed by atoms with Crippen molar-refractivity contribution in [2.45, 2.75) is 0 Å². The van der Waals surface area contributed by atoms with Crippen molar-refractivity contribution in [1.82, 2.24) is 9.97 Å². The van der Waals surface area contributed by atoms with Gasteiger partial charge in [-0.2, -0.15) is 0 Å². The molecule has 0 N–H and O–H groups in total. The molecule has 1 aromatic carbocycles. The highest BCUT2D eigenvalue weighted by molar-refractivity contribution is 6.37. The molecule has 2 heterocycles. The number of amides is 1. The van der Waals surface area contributed by atoms with Crippen LogP contribution in [0.15, 0.2) is 67.0 Å². The summed E-state index contributed by atoms with van der Waals surface area (Å²) in [5.41, 5.74) is 0.326. The third kappa shape index (κ3) is 3.33. The van der Waals surface area contributed by atoms with E-state index in [0.717, 1.165) is 0 Å². The first-order chi connectivity index (χ1) is 11.2. The van der Waals surface area contributed by atoms with Crippen molar-refractivity contribution in [1.29, 1.82) is 0 Å². The van der Waals surface area contributed by atoms with Crippen LogP contribution in [0.2, 0.25) is 10.0 Å². The summed E-state index contributed by atoms with van der Waals surface area (Å²) in [6.45, 7) is 0. The number of nitrogens with zero attached hydrogens (tertiary/aromatic N) is 3. The van der Waals surface area contributed by atoms with Crippen LogP contribution in [0.5, 0.6) is 0 Å². The summed E-state index contributed by atoms with van der Waals surface area (Å²) in [7, 11) is 0. The predicted molar refractivity (Wildman–Crippen MR) is 91.4 cm³/mol. The minimum atomic E-state index is -0.330. The van der Waals surface area contributed by atoms with E-state index in [1.807, 2.05) is 0 Å². The molecule has 0 fully saturated rings. The van der Waals surface area contributed by atoms with Crippen LogP contribution in [0.25, 0.3) is 0 Å². The summed E-state index contributed by atoms with van der Waals surface area (Å²) in [5.74, 6) is 0.591. The van der Waals surface area contributed by atoms with Gasteiger partial charge in [-0.3, -0.25) is 4.79 Å². The minimum Gasteiger partial charge on any atom is -0.268 e. The number of benzene rings is 1. The van der Waals surface area contributed by atoms with Crippen molar-refractivity contribution < 1.29 is 4.79 Å². The first kappa shape index (κ1) is 15.5. The van der Waals surface area contributed by atoms with Gasteiger partial charge >= 0.3 is 0 Å². The fourth-order valence-corrected chi connectivity index (χ4v) is 2.57. The lowest BCUT2D eigenvalue weighted by molar-refractivity contribution is 0.0998. The third-order valence-electron chi connectivity index (χ3n) is 3.12. The van der Waals surface area contributed by atoms with E-state index < -0.39 is 0 Å². The standard InChI is InChI=1S/C17H11Cl2N3O/c18-12-7-8-13(14(19)11-12)17(23)22(15-5-1-3-9-20-15)16-6-2-4-10-21-16/h1-11H. The zero-order chi connectivity index (χ0) is 16.2. The number of carbonyl (C=O) groups is 1. The largest absolute Gasteiger partial charge is 0.268 e. The number of anilines is 2. The molecule has 4 nitrogen and oxygen atoms in total. The Labute approximate surface area is 143 Å². The van der Waals surface area contributed by atoms with Crippen LogP contribution in [-0.2, 0) is 0 Å². The Balaban J connectivity index is 2.10. The van der Waals surface area contributed by atoms with Gasteiger partial charge in [0.15, 0.2) is 0 Å². The summed E-state index contributed by atoms with van der Waals surface area (Å²) in [5, 5.41) is 0.744. The van der Waals surface area contributed by atoms with E-state index in [1.54, 1.807) is 60.9 Å². The zero-order valence-corrected chi connectivity index (χ0v) is 13.4. The highest BCUT2D eigenvalue weighted by atomic mass is 35.5. The summed E-state index contributed by atoms with van der Waals surface area (Å²) < 4.78 is 0. The fraction of sp³-hybridized carbons (Fsp3) is 0. The Morgan fingerprint density at radius 1 is 0.870 bits per heavy atom. The molecule has 0 radical (unpaired) electrons. The molecule has 0 spiro atoms. The second kappa shape index (κ2) is 6.77. The van der Waals surface area contributed by atoms with Gasteiger partial charge < -0.3 is 0 Å². The maximum absolute atomic E-state index is 13.0. The number of hydrogen-bond acceptors (Lipinski definition) is 3. The smallest absolute Gasteiger partial charge is 0.266 e. The number of hydrogen-bond donors (Lipinski definition) is 0. The maximum Gasteiger partial charge on any atom is 0.266 e. The Hall–Kier alpha value is -2.43. The van der Waals surface area contributed by atoms with Crippen LogP contribution in [0.3, 0.4) is 0 Å². The molecule has 3 aromatic rings. The number of pyridine rings is 2. The molecular formula is C17H11Cl2N3O. The molecule has 0 atom stereocenters. The van der Waals surface area contributed by atoms with Crippen molar-refractivity contribution in [2.24, 2.45) is 0 Å². The average Bonchev–Trinajstić information content (AvgIpc) is 2.57. The molecular weight excluding hydrogens is 333 g/mol. The van der Waals surface area contributed by atoms with Crippen LogP contribution >= 0.6 is 23.2 Å². The maximum atomic E-state index is 13.0. The van der Waals surface area contributed by atoms with E-state index in [2.05, 4.69) is 9.97 Å². The van der Waals surface area contributed by atoms with Gasteiger partial charge in [0.25, 0.3) is 5.91 Å². The Bertz CT molecular complexity index is 786. The van der Waals surface area contributed by atoms with E-state index in [4.69, 9.17) is 23.2 Å². The van der Waals surface area contributed by atoms with Crippen molar-refractivity contribution in [3.8, 4) is 0 Å². The normalized spacial score (nSPS) is 10.3. The molecule has 0 aliphatic rings. The lowest BCUT2D eigenvalue weighted by atomic mass is 10.2. The molecule has 0 saturated heterocycles. The Morgan fingerprint density at radius 2 is 1.48 bits per heavy atom. The lowest BCUT2D eigenvalue weighted by Crippen LogP contribution is -2.27. The van der Waals surface area contributed by atoms with Crippen molar-refractivity contribution >= 4 is 40.7 Å². The molecule has 0 unspecified atom stereocenters. The summed E-state index contributed by atoms with van der Waals surface area (Å²) in [6, 6.07) is 15.4. The number of aromatic nitrogens is 2. The van der Waals surface area contributed by atoms with Gasteiger partial charge in [0.1, 0.15) is 11.6 Å². The molecule has 0 aliphatic heterocycles. The second-order valence-corrected chi connectivity index (χ2v) is 5.48. The van der Waals surface area contributed by atoms with E-state index in [0.29, 0.717) is 22.2 Å². The predicted octanol–water partition coefficient (Wildman–Crippen LogP) is 4.76. The molecule has 0 bridgehead atoms. The Kier molecular flexibility index (Phi) is 4.55. The molecule has 1 amide bonds. The number of halogens is 2. The van der Waals surface area contributed by atoms with Crippen molar-refractivity contribution in [3.05, 3.63) is 82.6 Å². The van der Waals surface area contributed by atoms with Gasteiger partial charge in [-0.05, 0) is 42.5 Å². The van der Waals surface area contributed by atoms with Crippen LogP contribution in [0, 0.1) is 0 Å². The van der Waals surface area contributed by atoms with Gasteiger partial charge in [-0.15, -0.1) is 0 Å². The molecule has 23 heavy (non-hydrogen) atoms. The minimum absolute atomic E-state index is 0.277. The van der Waals surface area contributed by atoms with Gasteiger partial charge in [0.2, 0.25) is 0 Å². The van der Waals surface area contributed by atoms with E-state index >= 15 is 0 Å². The molecule has 6 heteroatoms. The van der Waals surface area contributed by atoms with Gasteiger partial charge in [-0.1, -0.05) is 35.3 Å². The number of carbonyl (C=O) groups excluding carboxylic acids is 1. The number of rotatable bonds is 3. The molecule has 2 aromatic heterocycles. The van der Waals surface area contributed by atoms with Gasteiger partial charge in [0.05, 0.1) is 10.6 Å². The van der Waals surface area contributed by atoms with E-state index in [-0.39, 0.29) is 10.9 Å². The Morgan fingerprint density at radius 3 is 1.96 bits per heavy atom. The quantitative estimate of drug-likeness (QED) is 0.688. The van der Waals surface area contributed by atoms with E-state index in [9.17, 15) is 4.79 Å². The lowest BCUT2D eigenvalue weighted by Gasteiger charge is -2.21. The molecule has 3 rings (SSSR count). The zero-order valence-electron chi connectivity index (χ0n) is 11.9. The van der Waals surface area contributed by atoms with Gasteiger partial charge in [0, 0.05) is 17.4 Å². The second-order valence-electron chi connectivity index (χ2n) is 4.64. The van der Waals surface area contributed by atoms with Crippen molar-refractivity contribution in [2.75, 3.05) is 4.90 Å². The summed E-state index contributed by atoms with van der Waals surface area (Å²) in [4.78, 5) is 22.9. The van der Waals surface area contributed by atoms with E-state index in [1.165, 1.54) is 11.0 Å². The SMILES string of the molecule is O=C(c1ccc(Cl)cc1Cl)N(c1ccccn1)c1ccccn1. The first-order valence-corrected chi connectivity index (χ1v) is 7.54. The monoisotopic (exact) mass is 343 g/mol. The molecule has 0 saturated carbocycles. The van der Waals surface area contributed by atoms with Crippen molar-refractivity contribution in [3.63, 3.8) is 0 Å². The fourth-order valence-electron chi connectivity index (χ4n) is 2.08. The van der Waals surface area contributed by atoms with Gasteiger partial charge in [-0.25, -0.2) is 14.9 Å².